The lowest BCUT2D eigenvalue weighted by atomic mass is 9.86. The highest BCUT2D eigenvalue weighted by molar-refractivity contribution is 5.95. The first-order valence-electron chi connectivity index (χ1n) is 8.56. The first-order chi connectivity index (χ1) is 12.1. The Hall–Kier alpha value is -2.70. The second-order valence-corrected chi connectivity index (χ2v) is 6.37. The standard InChI is InChI=1S/C18H22N4O3/c1-12-6-2-4-8-14(12)21-18(24)22-16(23)10-25-17-13-7-3-5-9-15(13)19-11-20-17/h3,5,7,9,11-12,14H,2,4,6,8,10H2,1H3,(H2,21,22,23,24)/t12-,14-/m0/s1. The molecule has 1 aliphatic carbocycles. The molecular formula is C18H22N4O3. The number of rotatable bonds is 4. The van der Waals surface area contributed by atoms with Crippen LogP contribution in [0.15, 0.2) is 30.6 Å². The molecule has 0 aliphatic heterocycles. The van der Waals surface area contributed by atoms with Crippen LogP contribution in [0, 0.1) is 5.92 Å². The van der Waals surface area contributed by atoms with Gasteiger partial charge in [-0.15, -0.1) is 0 Å². The van der Waals surface area contributed by atoms with Gasteiger partial charge in [0.25, 0.3) is 5.91 Å². The van der Waals surface area contributed by atoms with Crippen molar-refractivity contribution < 1.29 is 14.3 Å². The minimum absolute atomic E-state index is 0.119. The number of para-hydroxylation sites is 1. The van der Waals surface area contributed by atoms with Gasteiger partial charge in [0.15, 0.2) is 6.61 Å². The van der Waals surface area contributed by atoms with Crippen LogP contribution < -0.4 is 15.4 Å². The normalized spacial score (nSPS) is 20.0. The van der Waals surface area contributed by atoms with Crippen molar-refractivity contribution in [1.29, 1.82) is 0 Å². The molecule has 1 aliphatic rings. The van der Waals surface area contributed by atoms with Crippen LogP contribution in [0.25, 0.3) is 10.9 Å². The Bertz CT molecular complexity index is 760. The number of fused-ring (bicyclic) bond motifs is 1. The van der Waals surface area contributed by atoms with E-state index in [1.165, 1.54) is 12.7 Å². The third-order valence-electron chi connectivity index (χ3n) is 4.53. The lowest BCUT2D eigenvalue weighted by Crippen LogP contribution is -2.48. The monoisotopic (exact) mass is 342 g/mol. The fourth-order valence-corrected chi connectivity index (χ4v) is 3.13. The Morgan fingerprint density at radius 2 is 2.00 bits per heavy atom. The summed E-state index contributed by atoms with van der Waals surface area (Å²) in [5, 5.41) is 5.90. The van der Waals surface area contributed by atoms with Gasteiger partial charge in [0.2, 0.25) is 5.88 Å². The fraction of sp³-hybridized carbons (Fsp3) is 0.444. The van der Waals surface area contributed by atoms with E-state index in [4.69, 9.17) is 4.74 Å². The Balaban J connectivity index is 1.51. The number of carbonyl (C=O) groups is 2. The molecule has 0 unspecified atom stereocenters. The summed E-state index contributed by atoms with van der Waals surface area (Å²) in [4.78, 5) is 32.1. The Labute approximate surface area is 146 Å². The second kappa shape index (κ2) is 7.92. The fourth-order valence-electron chi connectivity index (χ4n) is 3.13. The zero-order valence-corrected chi connectivity index (χ0v) is 14.2. The predicted octanol–water partition coefficient (Wildman–Crippen LogP) is 2.41. The van der Waals surface area contributed by atoms with E-state index in [1.54, 1.807) is 0 Å². The van der Waals surface area contributed by atoms with Gasteiger partial charge in [-0.3, -0.25) is 10.1 Å². The molecule has 1 saturated carbocycles. The average molecular weight is 342 g/mol. The average Bonchev–Trinajstić information content (AvgIpc) is 2.62. The van der Waals surface area contributed by atoms with Crippen LogP contribution in [0.2, 0.25) is 0 Å². The molecule has 1 heterocycles. The van der Waals surface area contributed by atoms with Gasteiger partial charge < -0.3 is 10.1 Å². The van der Waals surface area contributed by atoms with E-state index in [2.05, 4.69) is 27.5 Å². The Morgan fingerprint density at radius 1 is 1.20 bits per heavy atom. The number of benzene rings is 1. The minimum Gasteiger partial charge on any atom is -0.467 e. The van der Waals surface area contributed by atoms with Crippen molar-refractivity contribution in [3.05, 3.63) is 30.6 Å². The van der Waals surface area contributed by atoms with Gasteiger partial charge in [-0.05, 0) is 30.9 Å². The van der Waals surface area contributed by atoms with E-state index >= 15 is 0 Å². The molecule has 25 heavy (non-hydrogen) atoms. The Kier molecular flexibility index (Phi) is 5.42. The van der Waals surface area contributed by atoms with E-state index in [1.807, 2.05) is 24.3 Å². The quantitative estimate of drug-likeness (QED) is 0.890. The summed E-state index contributed by atoms with van der Waals surface area (Å²) in [6.45, 7) is 1.84. The van der Waals surface area contributed by atoms with Crippen molar-refractivity contribution in [2.45, 2.75) is 38.6 Å². The minimum atomic E-state index is -0.511. The molecule has 0 spiro atoms. The number of carbonyl (C=O) groups excluding carboxylic acids is 2. The van der Waals surface area contributed by atoms with Gasteiger partial charge in [0.05, 0.1) is 10.9 Å². The number of amides is 3. The smallest absolute Gasteiger partial charge is 0.321 e. The highest BCUT2D eigenvalue weighted by Gasteiger charge is 2.23. The molecule has 3 amide bonds. The van der Waals surface area contributed by atoms with Crippen LogP contribution >= 0.6 is 0 Å². The molecule has 0 bridgehead atoms. The molecule has 2 atom stereocenters. The number of nitrogens with one attached hydrogen (secondary N) is 2. The third kappa shape index (κ3) is 4.43. The van der Waals surface area contributed by atoms with Crippen LogP contribution in [0.5, 0.6) is 5.88 Å². The van der Waals surface area contributed by atoms with Gasteiger partial charge in [-0.1, -0.05) is 31.9 Å². The van der Waals surface area contributed by atoms with Crippen LogP contribution in [-0.4, -0.2) is 34.6 Å². The molecule has 0 radical (unpaired) electrons. The number of nitrogens with zero attached hydrogens (tertiary/aromatic N) is 2. The summed E-state index contributed by atoms with van der Waals surface area (Å²) >= 11 is 0. The summed E-state index contributed by atoms with van der Waals surface area (Å²) in [5.41, 5.74) is 0.733. The molecular weight excluding hydrogens is 320 g/mol. The largest absolute Gasteiger partial charge is 0.467 e. The first-order valence-corrected chi connectivity index (χ1v) is 8.56. The van der Waals surface area contributed by atoms with Crippen molar-refractivity contribution in [1.82, 2.24) is 20.6 Å². The summed E-state index contributed by atoms with van der Waals surface area (Å²) in [7, 11) is 0. The highest BCUT2D eigenvalue weighted by atomic mass is 16.5. The highest BCUT2D eigenvalue weighted by Crippen LogP contribution is 2.23. The zero-order valence-electron chi connectivity index (χ0n) is 14.2. The van der Waals surface area contributed by atoms with Gasteiger partial charge >= 0.3 is 6.03 Å². The van der Waals surface area contributed by atoms with E-state index in [0.717, 1.165) is 30.2 Å². The molecule has 1 fully saturated rings. The third-order valence-corrected chi connectivity index (χ3v) is 4.53. The van der Waals surface area contributed by atoms with Crippen LogP contribution in [0.4, 0.5) is 4.79 Å². The number of aromatic nitrogens is 2. The van der Waals surface area contributed by atoms with Crippen molar-refractivity contribution in [2.75, 3.05) is 6.61 Å². The molecule has 2 aromatic rings. The summed E-state index contributed by atoms with van der Waals surface area (Å²) in [6, 6.07) is 7.01. The van der Waals surface area contributed by atoms with E-state index in [0.29, 0.717) is 11.8 Å². The van der Waals surface area contributed by atoms with Crippen LogP contribution in [0.1, 0.15) is 32.6 Å². The number of hydrogen-bond acceptors (Lipinski definition) is 5. The molecule has 2 N–H and O–H groups in total. The van der Waals surface area contributed by atoms with Crippen molar-refractivity contribution in [2.24, 2.45) is 5.92 Å². The van der Waals surface area contributed by atoms with Crippen molar-refractivity contribution in [3.8, 4) is 5.88 Å². The maximum atomic E-state index is 12.0. The summed E-state index contributed by atoms with van der Waals surface area (Å²) in [6.07, 6.45) is 5.73. The Morgan fingerprint density at radius 3 is 2.84 bits per heavy atom. The first kappa shape index (κ1) is 17.1. The molecule has 1 aromatic carbocycles. The molecule has 3 rings (SSSR count). The summed E-state index contributed by atoms with van der Waals surface area (Å²) < 4.78 is 5.45. The van der Waals surface area contributed by atoms with Gasteiger partial charge in [0, 0.05) is 6.04 Å². The van der Waals surface area contributed by atoms with Crippen molar-refractivity contribution in [3.63, 3.8) is 0 Å². The predicted molar refractivity (Wildman–Crippen MR) is 93.1 cm³/mol. The van der Waals surface area contributed by atoms with Gasteiger partial charge in [-0.25, -0.2) is 14.8 Å². The van der Waals surface area contributed by atoms with Crippen LogP contribution in [-0.2, 0) is 4.79 Å². The molecule has 132 valence electrons. The number of ether oxygens (including phenoxy) is 1. The van der Waals surface area contributed by atoms with E-state index in [9.17, 15) is 9.59 Å². The number of hydrogen-bond donors (Lipinski definition) is 2. The second-order valence-electron chi connectivity index (χ2n) is 6.37. The summed E-state index contributed by atoms with van der Waals surface area (Å²) in [5.74, 6) is 0.240. The number of urea groups is 1. The SMILES string of the molecule is C[C@H]1CCCC[C@@H]1NC(=O)NC(=O)COc1ncnc2ccccc12. The lowest BCUT2D eigenvalue weighted by Gasteiger charge is -2.29. The van der Waals surface area contributed by atoms with Gasteiger partial charge in [-0.2, -0.15) is 0 Å². The number of imide groups is 1. The molecule has 7 heteroatoms. The topological polar surface area (TPSA) is 93.2 Å². The van der Waals surface area contributed by atoms with E-state index in [-0.39, 0.29) is 12.6 Å². The maximum absolute atomic E-state index is 12.0. The molecule has 1 aromatic heterocycles. The molecule has 7 nitrogen and oxygen atoms in total. The molecule has 0 saturated heterocycles. The van der Waals surface area contributed by atoms with Gasteiger partial charge in [0.1, 0.15) is 6.33 Å². The maximum Gasteiger partial charge on any atom is 0.321 e. The zero-order chi connectivity index (χ0) is 17.6. The lowest BCUT2D eigenvalue weighted by molar-refractivity contribution is -0.122. The van der Waals surface area contributed by atoms with Crippen molar-refractivity contribution >= 4 is 22.8 Å². The van der Waals surface area contributed by atoms with E-state index < -0.39 is 11.9 Å². The van der Waals surface area contributed by atoms with Crippen LogP contribution in [0.3, 0.4) is 0 Å².